The van der Waals surface area contributed by atoms with Gasteiger partial charge < -0.3 is 9.87 Å². The smallest absolute Gasteiger partial charge is 0.744 e. The molecule has 90 valence electrons. The fourth-order valence-electron chi connectivity index (χ4n) is 1.80. The molecule has 0 radical (unpaired) electrons. The van der Waals surface area contributed by atoms with E-state index in [1.807, 2.05) is 12.2 Å². The quantitative estimate of drug-likeness (QED) is 0.525. The molecule has 0 bridgehead atoms. The third-order valence-corrected chi connectivity index (χ3v) is 3.55. The van der Waals surface area contributed by atoms with Gasteiger partial charge in [0.05, 0.1) is 4.90 Å². The second-order valence-corrected chi connectivity index (χ2v) is 5.12. The Bertz CT molecular complexity index is 606. The van der Waals surface area contributed by atoms with Crippen LogP contribution in [-0.2, 0) is 10.1 Å². The zero-order valence-electron chi connectivity index (χ0n) is 10.3. The number of hydrogen-bond donors (Lipinski definition) is 1. The van der Waals surface area contributed by atoms with E-state index in [-0.39, 0.29) is 34.5 Å². The van der Waals surface area contributed by atoms with E-state index in [1.165, 1.54) is 6.07 Å². The minimum Gasteiger partial charge on any atom is -0.744 e. The first-order chi connectivity index (χ1) is 8.00. The summed E-state index contributed by atoms with van der Waals surface area (Å²) in [4.78, 5) is -0.174. The molecule has 18 heavy (non-hydrogen) atoms. The fourth-order valence-corrected chi connectivity index (χ4v) is 2.54. The Balaban J connectivity index is 0.00000162. The first-order valence-corrected chi connectivity index (χ1v) is 6.57. The molecule has 1 N–H and O–H groups in total. The summed E-state index contributed by atoms with van der Waals surface area (Å²) in [5, 5.41) is 3.11. The Kier molecular flexibility index (Phi) is 5.19. The van der Waals surface area contributed by atoms with Crippen LogP contribution in [0.5, 0.6) is 0 Å². The molecular formula is C12H12NNaO3S. The van der Waals surface area contributed by atoms with Gasteiger partial charge in [0.25, 0.3) is 0 Å². The molecule has 0 aromatic heterocycles. The second-order valence-electron chi connectivity index (χ2n) is 3.77. The van der Waals surface area contributed by atoms with Crippen LogP contribution in [0, 0.1) is 0 Å². The van der Waals surface area contributed by atoms with Gasteiger partial charge in [-0.15, -0.1) is 0 Å². The summed E-state index contributed by atoms with van der Waals surface area (Å²) in [5.74, 6) is 0. The first kappa shape index (κ1) is 15.5. The van der Waals surface area contributed by atoms with Crippen LogP contribution in [0.1, 0.15) is 12.5 Å². The maximum Gasteiger partial charge on any atom is 1.00 e. The van der Waals surface area contributed by atoms with Crippen LogP contribution >= 0.6 is 0 Å². The number of rotatable bonds is 2. The van der Waals surface area contributed by atoms with E-state index < -0.39 is 10.1 Å². The van der Waals surface area contributed by atoms with Crippen molar-refractivity contribution in [2.45, 2.75) is 11.8 Å². The molecule has 6 heteroatoms. The van der Waals surface area contributed by atoms with Crippen LogP contribution < -0.4 is 34.9 Å². The monoisotopic (exact) mass is 273 g/mol. The van der Waals surface area contributed by atoms with Crippen molar-refractivity contribution in [3.8, 4) is 0 Å². The molecule has 0 aliphatic carbocycles. The normalized spacial score (nSPS) is 17.0. The Morgan fingerprint density at radius 2 is 2.00 bits per heavy atom. The predicted octanol–water partition coefficient (Wildman–Crippen LogP) is -1.51. The number of allylic oxidation sites excluding steroid dienone is 2. The van der Waals surface area contributed by atoms with Crippen molar-refractivity contribution in [2.24, 2.45) is 0 Å². The third kappa shape index (κ3) is 3.24. The molecule has 0 atom stereocenters. The average Bonchev–Trinajstić information content (AvgIpc) is 2.80. The Morgan fingerprint density at radius 3 is 2.56 bits per heavy atom. The Labute approximate surface area is 129 Å². The SMILES string of the molecule is C/C(=C1\C=CCN1)c1ccccc1S(=O)(=O)[O-].[Na+]. The molecule has 1 aliphatic rings. The standard InChI is InChI=1S/C12H13NO3S.Na/c1-9(11-6-4-8-13-11)10-5-2-3-7-12(10)17(14,15)16;/h2-7,13H,8H2,1H3,(H,14,15,16);/q;+1/p-1/b11-9-;. The molecule has 0 fully saturated rings. The van der Waals surface area contributed by atoms with E-state index in [0.717, 1.165) is 17.8 Å². The molecular weight excluding hydrogens is 261 g/mol. The van der Waals surface area contributed by atoms with Gasteiger partial charge in [0.1, 0.15) is 10.1 Å². The first-order valence-electron chi connectivity index (χ1n) is 5.17. The summed E-state index contributed by atoms with van der Waals surface area (Å²) < 4.78 is 33.5. The van der Waals surface area contributed by atoms with Gasteiger partial charge in [-0.1, -0.05) is 24.3 Å². The van der Waals surface area contributed by atoms with Crippen LogP contribution in [-0.4, -0.2) is 19.5 Å². The molecule has 1 aromatic rings. The summed E-state index contributed by atoms with van der Waals surface area (Å²) in [5.41, 5.74) is 2.06. The van der Waals surface area contributed by atoms with Crippen molar-refractivity contribution in [3.63, 3.8) is 0 Å². The van der Waals surface area contributed by atoms with E-state index in [1.54, 1.807) is 25.1 Å². The average molecular weight is 273 g/mol. The predicted molar refractivity (Wildman–Crippen MR) is 64.1 cm³/mol. The van der Waals surface area contributed by atoms with Crippen LogP contribution in [0.2, 0.25) is 0 Å². The van der Waals surface area contributed by atoms with Gasteiger partial charge in [-0.05, 0) is 30.2 Å². The summed E-state index contributed by atoms with van der Waals surface area (Å²) >= 11 is 0. The second kappa shape index (κ2) is 6.04. The van der Waals surface area contributed by atoms with Crippen molar-refractivity contribution in [3.05, 3.63) is 47.7 Å². The van der Waals surface area contributed by atoms with Gasteiger partial charge in [-0.25, -0.2) is 8.42 Å². The van der Waals surface area contributed by atoms with Crippen molar-refractivity contribution in [2.75, 3.05) is 6.54 Å². The largest absolute Gasteiger partial charge is 1.00 e. The fraction of sp³-hybridized carbons (Fsp3) is 0.167. The number of nitrogens with one attached hydrogen (secondary N) is 1. The zero-order valence-corrected chi connectivity index (χ0v) is 13.1. The van der Waals surface area contributed by atoms with Gasteiger partial charge >= 0.3 is 29.6 Å². The Morgan fingerprint density at radius 1 is 1.33 bits per heavy atom. The molecule has 1 heterocycles. The van der Waals surface area contributed by atoms with Crippen LogP contribution in [0.4, 0.5) is 0 Å². The number of benzene rings is 1. The van der Waals surface area contributed by atoms with Gasteiger partial charge in [0.2, 0.25) is 0 Å². The molecule has 1 aromatic carbocycles. The number of hydrogen-bond acceptors (Lipinski definition) is 4. The summed E-state index contributed by atoms with van der Waals surface area (Å²) in [6, 6.07) is 6.23. The zero-order chi connectivity index (χ0) is 12.5. The van der Waals surface area contributed by atoms with Crippen molar-refractivity contribution in [1.82, 2.24) is 5.32 Å². The van der Waals surface area contributed by atoms with E-state index >= 15 is 0 Å². The van der Waals surface area contributed by atoms with Gasteiger partial charge in [-0.3, -0.25) is 0 Å². The van der Waals surface area contributed by atoms with E-state index in [9.17, 15) is 13.0 Å². The third-order valence-electron chi connectivity index (χ3n) is 2.66. The summed E-state index contributed by atoms with van der Waals surface area (Å²) in [6.45, 7) is 2.51. The van der Waals surface area contributed by atoms with Crippen LogP contribution in [0.15, 0.2) is 47.0 Å². The van der Waals surface area contributed by atoms with Gasteiger partial charge in [0.15, 0.2) is 0 Å². The van der Waals surface area contributed by atoms with Crippen molar-refractivity contribution >= 4 is 15.7 Å². The summed E-state index contributed by atoms with van der Waals surface area (Å²) in [6.07, 6.45) is 3.82. The van der Waals surface area contributed by atoms with E-state index in [4.69, 9.17) is 0 Å². The molecule has 0 unspecified atom stereocenters. The van der Waals surface area contributed by atoms with Crippen molar-refractivity contribution in [1.29, 1.82) is 0 Å². The van der Waals surface area contributed by atoms with Crippen LogP contribution in [0.25, 0.3) is 5.57 Å². The molecule has 1 aliphatic heterocycles. The van der Waals surface area contributed by atoms with Gasteiger partial charge in [-0.2, -0.15) is 0 Å². The Hall–Kier alpha value is -0.590. The minimum absolute atomic E-state index is 0. The molecule has 0 amide bonds. The molecule has 0 spiro atoms. The molecule has 2 rings (SSSR count). The van der Waals surface area contributed by atoms with Crippen molar-refractivity contribution < 1.29 is 42.5 Å². The minimum atomic E-state index is -4.44. The maximum atomic E-state index is 11.2. The molecule has 4 nitrogen and oxygen atoms in total. The maximum absolute atomic E-state index is 11.2. The molecule has 0 saturated heterocycles. The topological polar surface area (TPSA) is 69.2 Å². The summed E-state index contributed by atoms with van der Waals surface area (Å²) in [7, 11) is -4.44. The van der Waals surface area contributed by atoms with Gasteiger partial charge in [0, 0.05) is 12.2 Å². The van der Waals surface area contributed by atoms with E-state index in [2.05, 4.69) is 5.32 Å². The van der Waals surface area contributed by atoms with E-state index in [0.29, 0.717) is 5.56 Å². The van der Waals surface area contributed by atoms with Crippen LogP contribution in [0.3, 0.4) is 0 Å². The molecule has 0 saturated carbocycles.